The molecule has 0 bridgehead atoms. The Morgan fingerprint density at radius 2 is 1.94 bits per heavy atom. The largest absolute Gasteiger partial charge is 0.379 e. The van der Waals surface area contributed by atoms with Gasteiger partial charge in [-0.25, -0.2) is 14.8 Å². The van der Waals surface area contributed by atoms with E-state index >= 15 is 0 Å². The molecule has 0 amide bonds. The maximum absolute atomic E-state index is 13.7. The van der Waals surface area contributed by atoms with E-state index < -0.39 is 5.54 Å². The standard InChI is InChI=1S/C27H37N5O2/c1-6-34-18-27(4,5)31-17-24(32(26(31)33)22-9-7-8-20(3)16-22)23-14-15-28-25(30-23)29-21-12-10-19(2)11-13-21/h7-9,14-17,19,21H,6,10-13,18H2,1-5H3,(H,28,29,30)/t19-,21-. The quantitative estimate of drug-likeness (QED) is 0.499. The molecule has 1 fully saturated rings. The van der Waals surface area contributed by atoms with Gasteiger partial charge in [0.05, 0.1) is 29.2 Å². The topological polar surface area (TPSA) is 74.0 Å². The molecule has 182 valence electrons. The summed E-state index contributed by atoms with van der Waals surface area (Å²) in [6.07, 6.45) is 8.38. The number of benzene rings is 1. The third-order valence-electron chi connectivity index (χ3n) is 6.73. The van der Waals surface area contributed by atoms with E-state index in [1.807, 2.05) is 64.2 Å². The average molecular weight is 464 g/mol. The molecule has 7 nitrogen and oxygen atoms in total. The third-order valence-corrected chi connectivity index (χ3v) is 6.73. The molecular formula is C27H37N5O2. The SMILES string of the molecule is CCOCC(C)(C)n1cc(-c2ccnc(N[C@H]3CC[C@H](C)CC3)n2)n(-c2cccc(C)c2)c1=O. The molecule has 0 radical (unpaired) electrons. The molecule has 2 heterocycles. The van der Waals surface area contributed by atoms with Crippen LogP contribution in [-0.4, -0.2) is 38.4 Å². The van der Waals surface area contributed by atoms with Crippen molar-refractivity contribution in [3.63, 3.8) is 0 Å². The van der Waals surface area contributed by atoms with Crippen molar-refractivity contribution in [2.75, 3.05) is 18.5 Å². The van der Waals surface area contributed by atoms with Gasteiger partial charge in [0.25, 0.3) is 0 Å². The van der Waals surface area contributed by atoms with Gasteiger partial charge in [0, 0.05) is 25.0 Å². The maximum Gasteiger partial charge on any atom is 0.333 e. The number of hydrogen-bond acceptors (Lipinski definition) is 5. The van der Waals surface area contributed by atoms with E-state index in [0.29, 0.717) is 30.9 Å². The summed E-state index contributed by atoms with van der Waals surface area (Å²) in [5.41, 5.74) is 2.74. The fraction of sp³-hybridized carbons (Fsp3) is 0.519. The Labute approximate surface area is 202 Å². The van der Waals surface area contributed by atoms with Gasteiger partial charge in [-0.15, -0.1) is 0 Å². The van der Waals surface area contributed by atoms with E-state index in [-0.39, 0.29) is 5.69 Å². The number of hydrogen-bond donors (Lipinski definition) is 1. The zero-order valence-corrected chi connectivity index (χ0v) is 21.0. The van der Waals surface area contributed by atoms with E-state index in [4.69, 9.17) is 9.72 Å². The molecule has 0 saturated heterocycles. The van der Waals surface area contributed by atoms with Gasteiger partial charge in [0.2, 0.25) is 5.95 Å². The zero-order chi connectivity index (χ0) is 24.3. The monoisotopic (exact) mass is 463 g/mol. The number of nitrogens with one attached hydrogen (secondary N) is 1. The molecule has 1 aliphatic carbocycles. The Hall–Kier alpha value is -2.93. The summed E-state index contributed by atoms with van der Waals surface area (Å²) in [5, 5.41) is 3.52. The van der Waals surface area contributed by atoms with E-state index in [0.717, 1.165) is 35.7 Å². The number of imidazole rings is 1. The van der Waals surface area contributed by atoms with Crippen LogP contribution < -0.4 is 11.0 Å². The Morgan fingerprint density at radius 1 is 1.18 bits per heavy atom. The van der Waals surface area contributed by atoms with E-state index in [1.165, 1.54) is 12.8 Å². The second-order valence-electron chi connectivity index (χ2n) is 10.2. The predicted octanol–water partition coefficient (Wildman–Crippen LogP) is 5.17. The van der Waals surface area contributed by atoms with Crippen molar-refractivity contribution in [2.24, 2.45) is 5.92 Å². The highest BCUT2D eigenvalue weighted by atomic mass is 16.5. The van der Waals surface area contributed by atoms with Crippen molar-refractivity contribution in [2.45, 2.75) is 71.9 Å². The van der Waals surface area contributed by atoms with Gasteiger partial charge >= 0.3 is 5.69 Å². The maximum atomic E-state index is 13.7. The highest BCUT2D eigenvalue weighted by Gasteiger charge is 2.27. The molecule has 0 unspecified atom stereocenters. The van der Waals surface area contributed by atoms with Crippen LogP contribution in [0.15, 0.2) is 47.5 Å². The van der Waals surface area contributed by atoms with E-state index in [1.54, 1.807) is 15.3 Å². The highest BCUT2D eigenvalue weighted by molar-refractivity contribution is 5.59. The van der Waals surface area contributed by atoms with Crippen LogP contribution in [0.1, 0.15) is 58.9 Å². The van der Waals surface area contributed by atoms with Crippen molar-refractivity contribution in [1.82, 2.24) is 19.1 Å². The first-order valence-corrected chi connectivity index (χ1v) is 12.4. The third kappa shape index (κ3) is 5.25. The lowest BCUT2D eigenvalue weighted by Crippen LogP contribution is -2.40. The lowest BCUT2D eigenvalue weighted by molar-refractivity contribution is 0.0740. The van der Waals surface area contributed by atoms with E-state index in [2.05, 4.69) is 17.2 Å². The van der Waals surface area contributed by atoms with Gasteiger partial charge in [-0.2, -0.15) is 0 Å². The zero-order valence-electron chi connectivity index (χ0n) is 21.0. The van der Waals surface area contributed by atoms with Crippen molar-refractivity contribution < 1.29 is 4.74 Å². The first-order valence-electron chi connectivity index (χ1n) is 12.4. The number of rotatable bonds is 8. The van der Waals surface area contributed by atoms with Crippen molar-refractivity contribution in [3.8, 4) is 17.1 Å². The first-order chi connectivity index (χ1) is 16.3. The van der Waals surface area contributed by atoms with Crippen molar-refractivity contribution >= 4 is 5.95 Å². The molecule has 34 heavy (non-hydrogen) atoms. The van der Waals surface area contributed by atoms with Gasteiger partial charge in [-0.05, 0) is 83.1 Å². The Bertz CT molecular complexity index is 1170. The molecule has 7 heteroatoms. The van der Waals surface area contributed by atoms with Gasteiger partial charge in [-0.3, -0.25) is 9.13 Å². The van der Waals surface area contributed by atoms with Crippen LogP contribution in [0.5, 0.6) is 0 Å². The molecule has 2 aromatic heterocycles. The second-order valence-corrected chi connectivity index (χ2v) is 10.2. The molecule has 1 aliphatic rings. The number of aromatic nitrogens is 4. The molecule has 3 aromatic rings. The van der Waals surface area contributed by atoms with Crippen LogP contribution >= 0.6 is 0 Å². The summed E-state index contributed by atoms with van der Waals surface area (Å²) in [6, 6.07) is 10.2. The summed E-state index contributed by atoms with van der Waals surface area (Å²) in [5.74, 6) is 1.40. The molecule has 0 spiro atoms. The van der Waals surface area contributed by atoms with Crippen molar-refractivity contribution in [3.05, 3.63) is 58.8 Å². The summed E-state index contributed by atoms with van der Waals surface area (Å²) in [7, 11) is 0. The predicted molar refractivity (Wildman–Crippen MR) is 137 cm³/mol. The van der Waals surface area contributed by atoms with Crippen LogP contribution in [-0.2, 0) is 10.3 Å². The lowest BCUT2D eigenvalue weighted by atomic mass is 9.87. The molecule has 0 atom stereocenters. The first kappa shape index (κ1) is 24.2. The second kappa shape index (κ2) is 10.1. The fourth-order valence-electron chi connectivity index (χ4n) is 4.66. The summed E-state index contributed by atoms with van der Waals surface area (Å²) < 4.78 is 9.20. The van der Waals surface area contributed by atoms with Crippen LogP contribution in [0, 0.1) is 12.8 Å². The summed E-state index contributed by atoms with van der Waals surface area (Å²) >= 11 is 0. The van der Waals surface area contributed by atoms with Crippen LogP contribution in [0.4, 0.5) is 5.95 Å². The van der Waals surface area contributed by atoms with E-state index in [9.17, 15) is 4.79 Å². The minimum Gasteiger partial charge on any atom is -0.379 e. The number of nitrogens with zero attached hydrogens (tertiary/aromatic N) is 4. The summed E-state index contributed by atoms with van der Waals surface area (Å²) in [6.45, 7) is 11.4. The van der Waals surface area contributed by atoms with Crippen LogP contribution in [0.25, 0.3) is 17.1 Å². The molecule has 1 aromatic carbocycles. The Morgan fingerprint density at radius 3 is 2.65 bits per heavy atom. The minimum atomic E-state index is -0.510. The fourth-order valence-corrected chi connectivity index (χ4v) is 4.66. The molecule has 1 saturated carbocycles. The van der Waals surface area contributed by atoms with Crippen LogP contribution in [0.3, 0.4) is 0 Å². The Balaban J connectivity index is 1.76. The highest BCUT2D eigenvalue weighted by Crippen LogP contribution is 2.27. The Kier molecular flexibility index (Phi) is 7.22. The molecular weight excluding hydrogens is 426 g/mol. The lowest BCUT2D eigenvalue weighted by Gasteiger charge is -2.26. The smallest absolute Gasteiger partial charge is 0.333 e. The van der Waals surface area contributed by atoms with Crippen molar-refractivity contribution in [1.29, 1.82) is 0 Å². The van der Waals surface area contributed by atoms with Gasteiger partial charge in [0.15, 0.2) is 0 Å². The molecule has 0 aliphatic heterocycles. The molecule has 1 N–H and O–H groups in total. The average Bonchev–Trinajstić information content (AvgIpc) is 3.17. The van der Waals surface area contributed by atoms with Gasteiger partial charge < -0.3 is 10.1 Å². The molecule has 4 rings (SSSR count). The summed E-state index contributed by atoms with van der Waals surface area (Å²) in [4.78, 5) is 23.0. The number of anilines is 1. The minimum absolute atomic E-state index is 0.111. The van der Waals surface area contributed by atoms with Gasteiger partial charge in [0.1, 0.15) is 0 Å². The number of ether oxygens (including phenoxy) is 1. The van der Waals surface area contributed by atoms with Crippen LogP contribution in [0.2, 0.25) is 0 Å². The number of aryl methyl sites for hydroxylation is 1. The van der Waals surface area contributed by atoms with Gasteiger partial charge in [-0.1, -0.05) is 19.1 Å². The normalized spacial score (nSPS) is 18.7.